The van der Waals surface area contributed by atoms with Gasteiger partial charge in [0.05, 0.1) is 18.8 Å². The number of hydrogen-bond acceptors (Lipinski definition) is 4. The SMILES string of the molecule is Cl.O=C(Nc1ccc2c(c1F)CCNC2)c1ccc(CN2C(=O)CNC2=O)cc1. The van der Waals surface area contributed by atoms with Gasteiger partial charge in [0.25, 0.3) is 5.91 Å². The summed E-state index contributed by atoms with van der Waals surface area (Å²) < 4.78 is 14.7. The van der Waals surface area contributed by atoms with E-state index in [2.05, 4.69) is 16.0 Å². The molecular formula is C20H20ClFN4O3. The molecule has 2 aromatic carbocycles. The standard InChI is InChI=1S/C20H19FN4O3.ClH/c21-18-15-7-8-22-9-14(15)5-6-16(18)24-19(27)13-3-1-12(2-4-13)11-25-17(26)10-23-20(25)28;/h1-6,22H,7-11H2,(H,23,28)(H,24,27);1H. The lowest BCUT2D eigenvalue weighted by atomic mass is 9.99. The van der Waals surface area contributed by atoms with Gasteiger partial charge >= 0.3 is 6.03 Å². The van der Waals surface area contributed by atoms with Crippen LogP contribution in [0.2, 0.25) is 0 Å². The van der Waals surface area contributed by atoms with E-state index in [-0.39, 0.29) is 42.9 Å². The monoisotopic (exact) mass is 418 g/mol. The van der Waals surface area contributed by atoms with E-state index in [1.54, 1.807) is 30.3 Å². The summed E-state index contributed by atoms with van der Waals surface area (Å²) in [5.74, 6) is -1.10. The lowest BCUT2D eigenvalue weighted by Gasteiger charge is -2.19. The smallest absolute Gasteiger partial charge is 0.324 e. The number of urea groups is 1. The second kappa shape index (κ2) is 8.59. The van der Waals surface area contributed by atoms with Crippen molar-refractivity contribution in [1.82, 2.24) is 15.5 Å². The van der Waals surface area contributed by atoms with Crippen molar-refractivity contribution in [3.63, 3.8) is 0 Å². The van der Waals surface area contributed by atoms with Gasteiger partial charge in [0.1, 0.15) is 5.82 Å². The van der Waals surface area contributed by atoms with Crippen molar-refractivity contribution in [2.75, 3.05) is 18.4 Å². The molecule has 2 heterocycles. The zero-order valence-corrected chi connectivity index (χ0v) is 16.3. The van der Waals surface area contributed by atoms with Gasteiger partial charge in [0.2, 0.25) is 5.91 Å². The van der Waals surface area contributed by atoms with Gasteiger partial charge in [-0.3, -0.25) is 14.5 Å². The summed E-state index contributed by atoms with van der Waals surface area (Å²) in [5.41, 5.74) is 2.79. The first-order valence-corrected chi connectivity index (χ1v) is 9.02. The number of nitrogens with one attached hydrogen (secondary N) is 3. The number of anilines is 1. The minimum atomic E-state index is -0.426. The lowest BCUT2D eigenvalue weighted by Crippen LogP contribution is -2.30. The summed E-state index contributed by atoms with van der Waals surface area (Å²) in [6.07, 6.45) is 0.586. The number of amides is 4. The average molecular weight is 419 g/mol. The van der Waals surface area contributed by atoms with E-state index in [1.165, 1.54) is 0 Å². The molecule has 4 amide bonds. The Labute approximate surface area is 173 Å². The van der Waals surface area contributed by atoms with Crippen molar-refractivity contribution in [3.05, 3.63) is 64.5 Å². The van der Waals surface area contributed by atoms with E-state index in [9.17, 15) is 18.8 Å². The fourth-order valence-corrected chi connectivity index (χ4v) is 3.38. The van der Waals surface area contributed by atoms with Crippen LogP contribution in [0.25, 0.3) is 0 Å². The van der Waals surface area contributed by atoms with E-state index >= 15 is 0 Å². The molecule has 0 aliphatic carbocycles. The highest BCUT2D eigenvalue weighted by Gasteiger charge is 2.28. The van der Waals surface area contributed by atoms with Crippen LogP contribution in [0, 0.1) is 5.82 Å². The summed E-state index contributed by atoms with van der Waals surface area (Å²) in [4.78, 5) is 36.8. The zero-order chi connectivity index (χ0) is 19.7. The molecule has 0 saturated carbocycles. The molecule has 7 nitrogen and oxygen atoms in total. The van der Waals surface area contributed by atoms with Gasteiger partial charge < -0.3 is 16.0 Å². The second-order valence-electron chi connectivity index (χ2n) is 6.78. The Morgan fingerprint density at radius 2 is 1.86 bits per heavy atom. The molecule has 0 radical (unpaired) electrons. The number of carbonyl (C=O) groups excluding carboxylic acids is 3. The van der Waals surface area contributed by atoms with Crippen LogP contribution in [0.3, 0.4) is 0 Å². The molecule has 152 valence electrons. The van der Waals surface area contributed by atoms with Crippen molar-refractivity contribution in [3.8, 4) is 0 Å². The minimum Gasteiger partial charge on any atom is -0.329 e. The molecule has 2 aliphatic heterocycles. The topological polar surface area (TPSA) is 90.5 Å². The first-order valence-electron chi connectivity index (χ1n) is 9.02. The van der Waals surface area contributed by atoms with Crippen molar-refractivity contribution in [1.29, 1.82) is 0 Å². The molecule has 9 heteroatoms. The summed E-state index contributed by atoms with van der Waals surface area (Å²) in [6.45, 7) is 1.47. The first-order chi connectivity index (χ1) is 13.5. The lowest BCUT2D eigenvalue weighted by molar-refractivity contribution is -0.125. The van der Waals surface area contributed by atoms with E-state index in [0.29, 0.717) is 30.6 Å². The van der Waals surface area contributed by atoms with Crippen molar-refractivity contribution in [2.24, 2.45) is 0 Å². The maximum absolute atomic E-state index is 14.7. The third kappa shape index (κ3) is 4.23. The average Bonchev–Trinajstić information content (AvgIpc) is 3.03. The van der Waals surface area contributed by atoms with Crippen LogP contribution in [0.1, 0.15) is 27.0 Å². The number of fused-ring (bicyclic) bond motifs is 1. The third-order valence-corrected chi connectivity index (χ3v) is 4.95. The van der Waals surface area contributed by atoms with E-state index in [4.69, 9.17) is 0 Å². The highest BCUT2D eigenvalue weighted by atomic mass is 35.5. The molecule has 3 N–H and O–H groups in total. The molecule has 0 aromatic heterocycles. The van der Waals surface area contributed by atoms with Crippen LogP contribution in [0.5, 0.6) is 0 Å². The Morgan fingerprint density at radius 3 is 2.55 bits per heavy atom. The quantitative estimate of drug-likeness (QED) is 0.664. The number of rotatable bonds is 4. The number of hydrogen-bond donors (Lipinski definition) is 3. The minimum absolute atomic E-state index is 0. The van der Waals surface area contributed by atoms with E-state index < -0.39 is 11.9 Å². The molecule has 2 aliphatic rings. The molecule has 0 unspecified atom stereocenters. The number of nitrogens with zero attached hydrogens (tertiary/aromatic N) is 1. The third-order valence-electron chi connectivity index (χ3n) is 4.95. The zero-order valence-electron chi connectivity index (χ0n) is 15.5. The normalized spacial score (nSPS) is 15.4. The van der Waals surface area contributed by atoms with Crippen molar-refractivity contribution < 1.29 is 18.8 Å². The van der Waals surface area contributed by atoms with Gasteiger partial charge in [-0.05, 0) is 47.9 Å². The van der Waals surface area contributed by atoms with Crippen LogP contribution >= 0.6 is 12.4 Å². The Bertz CT molecular complexity index is 949. The van der Waals surface area contributed by atoms with Gasteiger partial charge in [-0.25, -0.2) is 9.18 Å². The van der Waals surface area contributed by atoms with Crippen molar-refractivity contribution >= 4 is 35.9 Å². The summed E-state index contributed by atoms with van der Waals surface area (Å²) in [7, 11) is 0. The summed E-state index contributed by atoms with van der Waals surface area (Å²) >= 11 is 0. The molecule has 4 rings (SSSR count). The Morgan fingerprint density at radius 1 is 1.10 bits per heavy atom. The number of carbonyl (C=O) groups is 3. The van der Waals surface area contributed by atoms with Crippen LogP contribution in [0.15, 0.2) is 36.4 Å². The summed E-state index contributed by atoms with van der Waals surface area (Å²) in [6, 6.07) is 9.48. The number of imide groups is 1. The molecule has 0 bridgehead atoms. The van der Waals surface area contributed by atoms with Gasteiger partial charge in [-0.15, -0.1) is 12.4 Å². The first kappa shape index (κ1) is 20.8. The predicted molar refractivity (Wildman–Crippen MR) is 107 cm³/mol. The highest BCUT2D eigenvalue weighted by molar-refractivity contribution is 6.04. The molecule has 0 atom stereocenters. The largest absolute Gasteiger partial charge is 0.329 e. The highest BCUT2D eigenvalue weighted by Crippen LogP contribution is 2.25. The van der Waals surface area contributed by atoms with Gasteiger partial charge in [0, 0.05) is 12.1 Å². The molecule has 29 heavy (non-hydrogen) atoms. The van der Waals surface area contributed by atoms with Crippen LogP contribution < -0.4 is 16.0 Å². The Kier molecular flexibility index (Phi) is 6.14. The molecule has 1 saturated heterocycles. The fraction of sp³-hybridized carbons (Fsp3) is 0.250. The maximum Gasteiger partial charge on any atom is 0.324 e. The molecule has 0 spiro atoms. The summed E-state index contributed by atoms with van der Waals surface area (Å²) in [5, 5.41) is 8.26. The van der Waals surface area contributed by atoms with E-state index in [1.807, 2.05) is 6.07 Å². The van der Waals surface area contributed by atoms with Crippen molar-refractivity contribution in [2.45, 2.75) is 19.5 Å². The Balaban J connectivity index is 0.00000240. The number of halogens is 2. The molecule has 2 aromatic rings. The second-order valence-corrected chi connectivity index (χ2v) is 6.78. The van der Waals surface area contributed by atoms with Crippen LogP contribution in [-0.2, 0) is 24.3 Å². The fourth-order valence-electron chi connectivity index (χ4n) is 3.38. The molecular weight excluding hydrogens is 399 g/mol. The molecule has 1 fully saturated rings. The predicted octanol–water partition coefficient (Wildman–Crippen LogP) is 2.20. The van der Waals surface area contributed by atoms with Crippen LogP contribution in [0.4, 0.5) is 14.9 Å². The number of benzene rings is 2. The van der Waals surface area contributed by atoms with Gasteiger partial charge in [-0.2, -0.15) is 0 Å². The van der Waals surface area contributed by atoms with Gasteiger partial charge in [0.15, 0.2) is 0 Å². The van der Waals surface area contributed by atoms with Crippen LogP contribution in [-0.4, -0.2) is 35.8 Å². The van der Waals surface area contributed by atoms with Gasteiger partial charge in [-0.1, -0.05) is 18.2 Å². The maximum atomic E-state index is 14.7. The van der Waals surface area contributed by atoms with E-state index in [0.717, 1.165) is 16.0 Å². The Hall–Kier alpha value is -2.97.